The minimum absolute atomic E-state index is 0.193. The fraction of sp³-hybridized carbons (Fsp3) is 1.00. The van der Waals surface area contributed by atoms with Gasteiger partial charge < -0.3 is 5.11 Å². The van der Waals surface area contributed by atoms with E-state index in [0.717, 1.165) is 25.6 Å². The number of aliphatic hydroxyl groups is 1. The third-order valence-electron chi connectivity index (χ3n) is 2.64. The summed E-state index contributed by atoms with van der Waals surface area (Å²) in [6, 6.07) is 0. The van der Waals surface area contributed by atoms with E-state index in [0.29, 0.717) is 5.41 Å². The van der Waals surface area contributed by atoms with Gasteiger partial charge >= 0.3 is 0 Å². The monoisotopic (exact) mass is 185 g/mol. The van der Waals surface area contributed by atoms with Gasteiger partial charge in [0, 0.05) is 19.6 Å². The van der Waals surface area contributed by atoms with Crippen LogP contribution in [0.25, 0.3) is 0 Å². The molecule has 0 amide bonds. The number of rotatable bonds is 2. The Bertz CT molecular complexity index is 163. The van der Waals surface area contributed by atoms with Crippen molar-refractivity contribution in [1.82, 2.24) is 4.90 Å². The van der Waals surface area contributed by atoms with Crippen LogP contribution in [0.3, 0.4) is 0 Å². The van der Waals surface area contributed by atoms with E-state index in [-0.39, 0.29) is 6.10 Å². The molecule has 1 aliphatic rings. The van der Waals surface area contributed by atoms with Gasteiger partial charge in [-0.2, -0.15) is 0 Å². The van der Waals surface area contributed by atoms with E-state index in [1.807, 2.05) is 6.92 Å². The van der Waals surface area contributed by atoms with Gasteiger partial charge in [0.05, 0.1) is 6.10 Å². The summed E-state index contributed by atoms with van der Waals surface area (Å²) < 4.78 is 0. The molecule has 1 rings (SSSR count). The molecule has 1 saturated heterocycles. The highest BCUT2D eigenvalue weighted by atomic mass is 16.3. The Morgan fingerprint density at radius 1 is 1.54 bits per heavy atom. The van der Waals surface area contributed by atoms with Crippen molar-refractivity contribution in [3.05, 3.63) is 0 Å². The summed E-state index contributed by atoms with van der Waals surface area (Å²) in [6.07, 6.45) is 1.12. The topological polar surface area (TPSA) is 23.5 Å². The molecule has 0 aromatic heterocycles. The molecule has 78 valence electrons. The number of aliphatic hydroxyl groups excluding tert-OH is 1. The number of likely N-dealkylation sites (tertiary alicyclic amines) is 1. The van der Waals surface area contributed by atoms with Crippen LogP contribution >= 0.6 is 0 Å². The highest BCUT2D eigenvalue weighted by Crippen LogP contribution is 2.31. The van der Waals surface area contributed by atoms with Crippen LogP contribution in [0.2, 0.25) is 0 Å². The van der Waals surface area contributed by atoms with Crippen LogP contribution in [0.1, 0.15) is 34.1 Å². The fourth-order valence-corrected chi connectivity index (χ4v) is 2.70. The molecule has 1 fully saturated rings. The zero-order valence-corrected chi connectivity index (χ0v) is 9.38. The van der Waals surface area contributed by atoms with Crippen molar-refractivity contribution < 1.29 is 5.11 Å². The predicted octanol–water partition coefficient (Wildman–Crippen LogP) is 1.74. The lowest BCUT2D eigenvalue weighted by Crippen LogP contribution is -2.46. The second kappa shape index (κ2) is 3.97. The largest absolute Gasteiger partial charge is 0.392 e. The van der Waals surface area contributed by atoms with Crippen LogP contribution in [0.5, 0.6) is 0 Å². The van der Waals surface area contributed by atoms with Gasteiger partial charge in [-0.1, -0.05) is 20.8 Å². The van der Waals surface area contributed by atoms with E-state index in [9.17, 15) is 5.11 Å². The van der Waals surface area contributed by atoms with Crippen molar-refractivity contribution in [2.45, 2.75) is 40.2 Å². The van der Waals surface area contributed by atoms with Crippen LogP contribution in [0.15, 0.2) is 0 Å². The third-order valence-corrected chi connectivity index (χ3v) is 2.64. The molecule has 0 saturated carbocycles. The van der Waals surface area contributed by atoms with Gasteiger partial charge in [0.2, 0.25) is 0 Å². The average Bonchev–Trinajstić information content (AvgIpc) is 1.78. The molecule has 2 atom stereocenters. The van der Waals surface area contributed by atoms with Crippen molar-refractivity contribution in [1.29, 1.82) is 0 Å². The average molecular weight is 185 g/mol. The maximum Gasteiger partial charge on any atom is 0.0639 e. The minimum Gasteiger partial charge on any atom is -0.392 e. The molecule has 13 heavy (non-hydrogen) atoms. The SMILES string of the molecule is CC(O)CN1CC(C)CC(C)(C)C1. The van der Waals surface area contributed by atoms with Gasteiger partial charge in [0.15, 0.2) is 0 Å². The molecule has 0 spiro atoms. The van der Waals surface area contributed by atoms with E-state index in [1.165, 1.54) is 6.42 Å². The quantitative estimate of drug-likeness (QED) is 0.708. The lowest BCUT2D eigenvalue weighted by molar-refractivity contribution is 0.0433. The van der Waals surface area contributed by atoms with Crippen LogP contribution < -0.4 is 0 Å². The van der Waals surface area contributed by atoms with Crippen LogP contribution in [-0.4, -0.2) is 35.7 Å². The van der Waals surface area contributed by atoms with Gasteiger partial charge in [0.25, 0.3) is 0 Å². The van der Waals surface area contributed by atoms with E-state index >= 15 is 0 Å². The standard InChI is InChI=1S/C11H23NO/c1-9-5-11(3,4)8-12(6-9)7-10(2)13/h9-10,13H,5-8H2,1-4H3. The van der Waals surface area contributed by atoms with Crippen molar-refractivity contribution >= 4 is 0 Å². The zero-order valence-electron chi connectivity index (χ0n) is 9.38. The molecule has 1 heterocycles. The first-order chi connectivity index (χ1) is 5.89. The van der Waals surface area contributed by atoms with Gasteiger partial charge in [0.1, 0.15) is 0 Å². The lowest BCUT2D eigenvalue weighted by atomic mass is 9.79. The zero-order chi connectivity index (χ0) is 10.1. The Balaban J connectivity index is 2.48. The normalized spacial score (nSPS) is 31.6. The summed E-state index contributed by atoms with van der Waals surface area (Å²) in [6.45, 7) is 11.9. The summed E-state index contributed by atoms with van der Waals surface area (Å²) in [5.74, 6) is 0.766. The number of hydrogen-bond donors (Lipinski definition) is 1. The smallest absolute Gasteiger partial charge is 0.0639 e. The Hall–Kier alpha value is -0.0800. The summed E-state index contributed by atoms with van der Waals surface area (Å²) in [7, 11) is 0. The van der Waals surface area contributed by atoms with Gasteiger partial charge in [-0.3, -0.25) is 4.90 Å². The van der Waals surface area contributed by atoms with Gasteiger partial charge in [-0.15, -0.1) is 0 Å². The molecule has 0 aliphatic carbocycles. The third kappa shape index (κ3) is 3.65. The molecule has 1 aliphatic heterocycles. The molecule has 1 N–H and O–H groups in total. The number of piperidine rings is 1. The van der Waals surface area contributed by atoms with E-state index in [4.69, 9.17) is 0 Å². The molecule has 2 heteroatoms. The molecule has 0 aromatic carbocycles. The van der Waals surface area contributed by atoms with E-state index in [2.05, 4.69) is 25.7 Å². The van der Waals surface area contributed by atoms with Crippen molar-refractivity contribution in [2.24, 2.45) is 11.3 Å². The Labute approximate surface area is 81.9 Å². The minimum atomic E-state index is -0.193. The summed E-state index contributed by atoms with van der Waals surface area (Å²) >= 11 is 0. The number of hydrogen-bond acceptors (Lipinski definition) is 2. The summed E-state index contributed by atoms with van der Waals surface area (Å²) in [5.41, 5.74) is 0.423. The van der Waals surface area contributed by atoms with E-state index < -0.39 is 0 Å². The van der Waals surface area contributed by atoms with Gasteiger partial charge in [-0.05, 0) is 24.7 Å². The first-order valence-corrected chi connectivity index (χ1v) is 5.29. The number of β-amino-alcohol motifs (C(OH)–C–C–N with tert-alkyl or cyclic N) is 1. The highest BCUT2D eigenvalue weighted by molar-refractivity contribution is 4.83. The summed E-state index contributed by atoms with van der Waals surface area (Å²) in [5, 5.41) is 9.32. The maximum atomic E-state index is 9.32. The number of nitrogens with zero attached hydrogens (tertiary/aromatic N) is 1. The van der Waals surface area contributed by atoms with Crippen molar-refractivity contribution in [3.8, 4) is 0 Å². The van der Waals surface area contributed by atoms with Crippen LogP contribution in [0, 0.1) is 11.3 Å². The van der Waals surface area contributed by atoms with Crippen LogP contribution in [-0.2, 0) is 0 Å². The molecule has 0 aromatic rings. The van der Waals surface area contributed by atoms with Crippen molar-refractivity contribution in [2.75, 3.05) is 19.6 Å². The maximum absolute atomic E-state index is 9.32. The molecule has 0 bridgehead atoms. The Morgan fingerprint density at radius 3 is 2.62 bits per heavy atom. The molecule has 0 radical (unpaired) electrons. The molecular weight excluding hydrogens is 162 g/mol. The van der Waals surface area contributed by atoms with Crippen molar-refractivity contribution in [3.63, 3.8) is 0 Å². The predicted molar refractivity (Wildman–Crippen MR) is 55.7 cm³/mol. The van der Waals surface area contributed by atoms with E-state index in [1.54, 1.807) is 0 Å². The second-order valence-corrected chi connectivity index (χ2v) is 5.52. The second-order valence-electron chi connectivity index (χ2n) is 5.52. The molecular formula is C11H23NO. The highest BCUT2D eigenvalue weighted by Gasteiger charge is 2.30. The first kappa shape index (κ1) is 11.0. The van der Waals surface area contributed by atoms with Crippen LogP contribution in [0.4, 0.5) is 0 Å². The lowest BCUT2D eigenvalue weighted by Gasteiger charge is -2.41. The Morgan fingerprint density at radius 2 is 2.15 bits per heavy atom. The summed E-state index contributed by atoms with van der Waals surface area (Å²) in [4.78, 5) is 2.39. The Kier molecular flexibility index (Phi) is 3.36. The van der Waals surface area contributed by atoms with Gasteiger partial charge in [-0.25, -0.2) is 0 Å². The molecule has 2 unspecified atom stereocenters. The fourth-order valence-electron chi connectivity index (χ4n) is 2.70. The first-order valence-electron chi connectivity index (χ1n) is 5.29. The molecule has 2 nitrogen and oxygen atoms in total.